The second-order valence-corrected chi connectivity index (χ2v) is 4.08. The summed E-state index contributed by atoms with van der Waals surface area (Å²) in [4.78, 5) is 4.02. The van der Waals surface area contributed by atoms with Gasteiger partial charge >= 0.3 is 0 Å². The Bertz CT molecular complexity index is 250. The molecule has 1 rings (SSSR count). The predicted octanol–water partition coefficient (Wildman–Crippen LogP) is 3.03. The van der Waals surface area contributed by atoms with Crippen LogP contribution in [0.15, 0.2) is 18.5 Å². The van der Waals surface area contributed by atoms with Crippen LogP contribution in [-0.4, -0.2) is 4.98 Å². The summed E-state index contributed by atoms with van der Waals surface area (Å²) in [5, 5.41) is 0.706. The standard InChI is InChI=1S/C9H12ClN/c1-9(2,3)7-4-8(10)6-11-5-7/h4-6H,1-3H3. The zero-order valence-corrected chi connectivity index (χ0v) is 7.81. The summed E-state index contributed by atoms with van der Waals surface area (Å²) < 4.78 is 0. The highest BCUT2D eigenvalue weighted by molar-refractivity contribution is 6.30. The number of halogens is 1. The van der Waals surface area contributed by atoms with Crippen LogP contribution in [0, 0.1) is 0 Å². The van der Waals surface area contributed by atoms with Crippen LogP contribution in [0.1, 0.15) is 26.3 Å². The van der Waals surface area contributed by atoms with E-state index in [1.165, 1.54) is 5.56 Å². The number of hydrogen-bond acceptors (Lipinski definition) is 1. The van der Waals surface area contributed by atoms with E-state index in [-0.39, 0.29) is 5.41 Å². The average Bonchev–Trinajstić information content (AvgIpc) is 1.86. The Morgan fingerprint density at radius 1 is 1.27 bits per heavy atom. The molecule has 0 saturated heterocycles. The van der Waals surface area contributed by atoms with E-state index < -0.39 is 0 Å². The van der Waals surface area contributed by atoms with Crippen molar-refractivity contribution in [3.05, 3.63) is 29.0 Å². The van der Waals surface area contributed by atoms with Gasteiger partial charge in [0.2, 0.25) is 0 Å². The maximum atomic E-state index is 5.79. The van der Waals surface area contributed by atoms with E-state index >= 15 is 0 Å². The van der Waals surface area contributed by atoms with Gasteiger partial charge < -0.3 is 0 Å². The van der Waals surface area contributed by atoms with E-state index in [4.69, 9.17) is 11.6 Å². The van der Waals surface area contributed by atoms with Crippen molar-refractivity contribution >= 4 is 11.6 Å². The molecule has 1 aromatic heterocycles. The third-order valence-corrected chi connectivity index (χ3v) is 1.78. The van der Waals surface area contributed by atoms with Gasteiger partial charge in [0, 0.05) is 12.4 Å². The van der Waals surface area contributed by atoms with Crippen LogP contribution in [0.2, 0.25) is 5.02 Å². The predicted molar refractivity (Wildman–Crippen MR) is 47.9 cm³/mol. The maximum Gasteiger partial charge on any atom is 0.0592 e. The molecule has 0 radical (unpaired) electrons. The van der Waals surface area contributed by atoms with E-state index in [1.807, 2.05) is 12.3 Å². The topological polar surface area (TPSA) is 12.9 Å². The molecule has 0 bridgehead atoms. The zero-order valence-electron chi connectivity index (χ0n) is 7.06. The number of pyridine rings is 1. The van der Waals surface area contributed by atoms with Crippen LogP contribution in [0.5, 0.6) is 0 Å². The quantitative estimate of drug-likeness (QED) is 0.582. The molecule has 0 aliphatic rings. The lowest BCUT2D eigenvalue weighted by Gasteiger charge is -2.17. The molecule has 1 aromatic rings. The fourth-order valence-corrected chi connectivity index (χ4v) is 0.996. The van der Waals surface area contributed by atoms with Crippen molar-refractivity contribution in [2.45, 2.75) is 26.2 Å². The molecule has 0 fully saturated rings. The summed E-state index contributed by atoms with van der Waals surface area (Å²) in [6, 6.07) is 1.95. The molecule has 0 amide bonds. The van der Waals surface area contributed by atoms with Gasteiger partial charge in [0.15, 0.2) is 0 Å². The molecule has 60 valence electrons. The fourth-order valence-electron chi connectivity index (χ4n) is 0.822. The van der Waals surface area contributed by atoms with Gasteiger partial charge in [0.1, 0.15) is 0 Å². The summed E-state index contributed by atoms with van der Waals surface area (Å²) in [5.41, 5.74) is 1.31. The number of nitrogens with zero attached hydrogens (tertiary/aromatic N) is 1. The largest absolute Gasteiger partial charge is 0.263 e. The second kappa shape index (κ2) is 2.82. The highest BCUT2D eigenvalue weighted by Gasteiger charge is 2.13. The van der Waals surface area contributed by atoms with Crippen molar-refractivity contribution in [3.8, 4) is 0 Å². The summed E-state index contributed by atoms with van der Waals surface area (Å²) in [6.45, 7) is 6.42. The van der Waals surface area contributed by atoms with E-state index in [1.54, 1.807) is 6.20 Å². The van der Waals surface area contributed by atoms with Crippen molar-refractivity contribution in [2.24, 2.45) is 0 Å². The summed E-state index contributed by atoms with van der Waals surface area (Å²) >= 11 is 5.79. The van der Waals surface area contributed by atoms with Gasteiger partial charge in [-0.25, -0.2) is 0 Å². The van der Waals surface area contributed by atoms with Gasteiger partial charge in [0.25, 0.3) is 0 Å². The van der Waals surface area contributed by atoms with Crippen molar-refractivity contribution in [1.29, 1.82) is 0 Å². The number of rotatable bonds is 0. The molecule has 2 heteroatoms. The van der Waals surface area contributed by atoms with Gasteiger partial charge in [-0.2, -0.15) is 0 Å². The Morgan fingerprint density at radius 2 is 1.91 bits per heavy atom. The number of hydrogen-bond donors (Lipinski definition) is 0. The SMILES string of the molecule is CC(C)(C)c1cncc(Cl)c1. The third kappa shape index (κ3) is 2.19. The zero-order chi connectivity index (χ0) is 8.48. The van der Waals surface area contributed by atoms with Crippen molar-refractivity contribution in [2.75, 3.05) is 0 Å². The first-order valence-corrected chi connectivity index (χ1v) is 3.99. The minimum atomic E-state index is 0.137. The smallest absolute Gasteiger partial charge is 0.0592 e. The van der Waals surface area contributed by atoms with Crippen LogP contribution >= 0.6 is 11.6 Å². The van der Waals surface area contributed by atoms with Gasteiger partial charge in [-0.05, 0) is 17.0 Å². The minimum Gasteiger partial charge on any atom is -0.263 e. The summed E-state index contributed by atoms with van der Waals surface area (Å²) in [6.07, 6.45) is 3.50. The Kier molecular flexibility index (Phi) is 2.19. The lowest BCUT2D eigenvalue weighted by atomic mass is 9.88. The van der Waals surface area contributed by atoms with E-state index in [9.17, 15) is 0 Å². The molecule has 0 aliphatic heterocycles. The van der Waals surface area contributed by atoms with Gasteiger partial charge in [-0.3, -0.25) is 4.98 Å². The Morgan fingerprint density at radius 3 is 2.27 bits per heavy atom. The van der Waals surface area contributed by atoms with Crippen molar-refractivity contribution in [3.63, 3.8) is 0 Å². The molecule has 11 heavy (non-hydrogen) atoms. The van der Waals surface area contributed by atoms with E-state index in [2.05, 4.69) is 25.8 Å². The Hall–Kier alpha value is -0.560. The molecule has 0 atom stereocenters. The minimum absolute atomic E-state index is 0.137. The third-order valence-electron chi connectivity index (χ3n) is 1.57. The lowest BCUT2D eigenvalue weighted by molar-refractivity contribution is 0.587. The average molecular weight is 170 g/mol. The highest BCUT2D eigenvalue weighted by Crippen LogP contribution is 2.23. The van der Waals surface area contributed by atoms with Crippen LogP contribution < -0.4 is 0 Å². The molecular weight excluding hydrogens is 158 g/mol. The van der Waals surface area contributed by atoms with E-state index in [0.717, 1.165) is 0 Å². The molecule has 0 N–H and O–H groups in total. The molecule has 0 aromatic carbocycles. The van der Waals surface area contributed by atoms with Crippen LogP contribution in [0.3, 0.4) is 0 Å². The Balaban J connectivity index is 3.06. The normalized spacial score (nSPS) is 11.6. The first-order chi connectivity index (χ1) is 5.00. The fraction of sp³-hybridized carbons (Fsp3) is 0.444. The second-order valence-electron chi connectivity index (χ2n) is 3.64. The maximum absolute atomic E-state index is 5.79. The Labute approximate surface area is 72.4 Å². The monoisotopic (exact) mass is 169 g/mol. The van der Waals surface area contributed by atoms with Gasteiger partial charge in [-0.15, -0.1) is 0 Å². The van der Waals surface area contributed by atoms with Crippen LogP contribution in [0.25, 0.3) is 0 Å². The lowest BCUT2D eigenvalue weighted by Crippen LogP contribution is -2.10. The highest BCUT2D eigenvalue weighted by atomic mass is 35.5. The first kappa shape index (κ1) is 8.54. The molecule has 1 nitrogen and oxygen atoms in total. The van der Waals surface area contributed by atoms with Gasteiger partial charge in [0.05, 0.1) is 5.02 Å². The molecule has 0 spiro atoms. The van der Waals surface area contributed by atoms with Crippen LogP contribution in [-0.2, 0) is 5.41 Å². The molecular formula is C9H12ClN. The molecule has 0 saturated carbocycles. The van der Waals surface area contributed by atoms with E-state index in [0.29, 0.717) is 5.02 Å². The van der Waals surface area contributed by atoms with Crippen molar-refractivity contribution < 1.29 is 0 Å². The summed E-state index contributed by atoms with van der Waals surface area (Å²) in [7, 11) is 0. The summed E-state index contributed by atoms with van der Waals surface area (Å²) in [5.74, 6) is 0. The van der Waals surface area contributed by atoms with Crippen molar-refractivity contribution in [1.82, 2.24) is 4.98 Å². The molecule has 0 aliphatic carbocycles. The number of aromatic nitrogens is 1. The molecule has 1 heterocycles. The van der Waals surface area contributed by atoms with Gasteiger partial charge in [-0.1, -0.05) is 32.4 Å². The van der Waals surface area contributed by atoms with Crippen LogP contribution in [0.4, 0.5) is 0 Å². The first-order valence-electron chi connectivity index (χ1n) is 3.61. The molecule has 0 unspecified atom stereocenters.